The second-order valence-electron chi connectivity index (χ2n) is 8.36. The molecule has 2 aliphatic carbocycles. The largest absolute Gasteiger partial charge is 0.300 e. The highest BCUT2D eigenvalue weighted by molar-refractivity contribution is 4.80. The normalized spacial score (nSPS) is 31.2. The molecule has 0 aromatic rings. The first-order chi connectivity index (χ1) is 10.8. The van der Waals surface area contributed by atoms with Gasteiger partial charge in [-0.2, -0.15) is 0 Å². The summed E-state index contributed by atoms with van der Waals surface area (Å²) in [7, 11) is 2.46. The van der Waals surface area contributed by atoms with Gasteiger partial charge in [-0.1, -0.05) is 84.0 Å². The lowest BCUT2D eigenvalue weighted by Crippen LogP contribution is -2.41. The Hall–Kier alpha value is -0.0400. The molecule has 0 N–H and O–H groups in total. The SMILES string of the molecule is CC1CCCCCCC(N(C)C2CCCCCCCCC2)C1. The zero-order valence-corrected chi connectivity index (χ0v) is 15.5. The molecular weight excluding hydrogens is 266 g/mol. The molecule has 0 saturated heterocycles. The first kappa shape index (κ1) is 18.3. The molecule has 2 atom stereocenters. The summed E-state index contributed by atoms with van der Waals surface area (Å²) in [6, 6.07) is 1.73. The third kappa shape index (κ3) is 6.60. The molecule has 0 aromatic carbocycles. The molecule has 2 unspecified atom stereocenters. The van der Waals surface area contributed by atoms with Gasteiger partial charge in [0.05, 0.1) is 0 Å². The maximum atomic E-state index is 2.84. The predicted molar refractivity (Wildman–Crippen MR) is 98.4 cm³/mol. The van der Waals surface area contributed by atoms with E-state index < -0.39 is 0 Å². The van der Waals surface area contributed by atoms with Gasteiger partial charge in [-0.15, -0.1) is 0 Å². The standard InChI is InChI=1S/C21H41N/c1-19-14-10-8-9-13-17-21(18-19)22(2)20-15-11-6-4-3-5-7-12-16-20/h19-21H,3-18H2,1-2H3. The molecule has 130 valence electrons. The van der Waals surface area contributed by atoms with E-state index in [1.807, 2.05) is 0 Å². The second kappa shape index (κ2) is 10.7. The van der Waals surface area contributed by atoms with Crippen molar-refractivity contribution in [3.05, 3.63) is 0 Å². The molecule has 2 rings (SSSR count). The fourth-order valence-electron chi connectivity index (χ4n) is 4.79. The van der Waals surface area contributed by atoms with E-state index in [4.69, 9.17) is 0 Å². The van der Waals surface area contributed by atoms with Gasteiger partial charge in [0.15, 0.2) is 0 Å². The minimum atomic E-state index is 0.862. The molecule has 0 bridgehead atoms. The van der Waals surface area contributed by atoms with Crippen LogP contribution in [0.2, 0.25) is 0 Å². The Kier molecular flexibility index (Phi) is 8.89. The molecule has 22 heavy (non-hydrogen) atoms. The molecule has 1 heteroatoms. The first-order valence-electron chi connectivity index (χ1n) is 10.5. The number of nitrogens with zero attached hydrogens (tertiary/aromatic N) is 1. The van der Waals surface area contributed by atoms with Crippen molar-refractivity contribution in [3.63, 3.8) is 0 Å². The fraction of sp³-hybridized carbons (Fsp3) is 1.00. The van der Waals surface area contributed by atoms with Gasteiger partial charge >= 0.3 is 0 Å². The lowest BCUT2D eigenvalue weighted by Gasteiger charge is -2.37. The summed E-state index contributed by atoms with van der Waals surface area (Å²) in [5.74, 6) is 0.935. The Morgan fingerprint density at radius 3 is 1.50 bits per heavy atom. The maximum Gasteiger partial charge on any atom is 0.00976 e. The van der Waals surface area contributed by atoms with Crippen molar-refractivity contribution in [1.82, 2.24) is 4.90 Å². The van der Waals surface area contributed by atoms with Crippen molar-refractivity contribution in [1.29, 1.82) is 0 Å². The van der Waals surface area contributed by atoms with E-state index >= 15 is 0 Å². The van der Waals surface area contributed by atoms with E-state index in [1.165, 1.54) is 103 Å². The minimum absolute atomic E-state index is 0.862. The summed E-state index contributed by atoms with van der Waals surface area (Å²) in [6.07, 6.45) is 23.5. The lowest BCUT2D eigenvalue weighted by molar-refractivity contribution is 0.122. The van der Waals surface area contributed by atoms with Crippen molar-refractivity contribution >= 4 is 0 Å². The van der Waals surface area contributed by atoms with Crippen LogP contribution in [0.25, 0.3) is 0 Å². The molecule has 2 aliphatic rings. The molecule has 0 radical (unpaired) electrons. The van der Waals surface area contributed by atoms with E-state index in [9.17, 15) is 0 Å². The Morgan fingerprint density at radius 2 is 0.955 bits per heavy atom. The van der Waals surface area contributed by atoms with Crippen molar-refractivity contribution in [3.8, 4) is 0 Å². The monoisotopic (exact) mass is 307 g/mol. The van der Waals surface area contributed by atoms with Gasteiger partial charge in [0.1, 0.15) is 0 Å². The van der Waals surface area contributed by atoms with Gasteiger partial charge in [-0.25, -0.2) is 0 Å². The third-order valence-corrected chi connectivity index (χ3v) is 6.39. The van der Waals surface area contributed by atoms with Crippen LogP contribution in [0.15, 0.2) is 0 Å². The van der Waals surface area contributed by atoms with Gasteiger partial charge in [0, 0.05) is 12.1 Å². The number of hydrogen-bond acceptors (Lipinski definition) is 1. The average Bonchev–Trinajstić information content (AvgIpc) is 2.63. The molecular formula is C21H41N. The first-order valence-corrected chi connectivity index (χ1v) is 10.5. The fourth-order valence-corrected chi connectivity index (χ4v) is 4.79. The van der Waals surface area contributed by atoms with Crippen LogP contribution in [-0.2, 0) is 0 Å². The predicted octanol–water partition coefficient (Wildman–Crippen LogP) is 6.56. The van der Waals surface area contributed by atoms with Gasteiger partial charge in [0.2, 0.25) is 0 Å². The van der Waals surface area contributed by atoms with Crippen LogP contribution < -0.4 is 0 Å². The maximum absolute atomic E-state index is 2.84. The zero-order valence-electron chi connectivity index (χ0n) is 15.5. The lowest BCUT2D eigenvalue weighted by atomic mass is 9.91. The highest BCUT2D eigenvalue weighted by Gasteiger charge is 2.24. The summed E-state index contributed by atoms with van der Waals surface area (Å²) in [6.45, 7) is 2.50. The van der Waals surface area contributed by atoms with Crippen LogP contribution in [-0.4, -0.2) is 24.0 Å². The Labute approximate surface area is 140 Å². The van der Waals surface area contributed by atoms with Crippen molar-refractivity contribution < 1.29 is 0 Å². The average molecular weight is 308 g/mol. The minimum Gasteiger partial charge on any atom is -0.300 e. The zero-order chi connectivity index (χ0) is 15.6. The highest BCUT2D eigenvalue weighted by atomic mass is 15.2. The van der Waals surface area contributed by atoms with Crippen LogP contribution in [0.4, 0.5) is 0 Å². The Bertz CT molecular complexity index is 265. The van der Waals surface area contributed by atoms with E-state index in [1.54, 1.807) is 0 Å². The molecule has 0 spiro atoms. The van der Waals surface area contributed by atoms with Crippen LogP contribution in [0.3, 0.4) is 0 Å². The van der Waals surface area contributed by atoms with Gasteiger partial charge in [-0.05, 0) is 38.6 Å². The molecule has 1 nitrogen and oxygen atoms in total. The number of rotatable bonds is 2. The summed E-state index contributed by atoms with van der Waals surface area (Å²) >= 11 is 0. The van der Waals surface area contributed by atoms with Crippen LogP contribution >= 0.6 is 0 Å². The summed E-state index contributed by atoms with van der Waals surface area (Å²) in [4.78, 5) is 2.84. The summed E-state index contributed by atoms with van der Waals surface area (Å²) in [5, 5.41) is 0. The van der Waals surface area contributed by atoms with Gasteiger partial charge in [-0.3, -0.25) is 0 Å². The van der Waals surface area contributed by atoms with E-state index in [-0.39, 0.29) is 0 Å². The Balaban J connectivity index is 1.90. The van der Waals surface area contributed by atoms with E-state index in [0.29, 0.717) is 0 Å². The smallest absolute Gasteiger partial charge is 0.00976 e. The second-order valence-corrected chi connectivity index (χ2v) is 8.36. The molecule has 2 saturated carbocycles. The van der Waals surface area contributed by atoms with Gasteiger partial charge < -0.3 is 4.90 Å². The third-order valence-electron chi connectivity index (χ3n) is 6.39. The van der Waals surface area contributed by atoms with Crippen LogP contribution in [0, 0.1) is 5.92 Å². The van der Waals surface area contributed by atoms with Crippen LogP contribution in [0.1, 0.15) is 110 Å². The van der Waals surface area contributed by atoms with Crippen molar-refractivity contribution in [2.45, 2.75) is 122 Å². The molecule has 0 aromatic heterocycles. The van der Waals surface area contributed by atoms with E-state index in [0.717, 1.165) is 18.0 Å². The summed E-state index contributed by atoms with van der Waals surface area (Å²) in [5.41, 5.74) is 0. The Morgan fingerprint density at radius 1 is 0.545 bits per heavy atom. The van der Waals surface area contributed by atoms with Crippen molar-refractivity contribution in [2.75, 3.05) is 7.05 Å². The van der Waals surface area contributed by atoms with Crippen molar-refractivity contribution in [2.24, 2.45) is 5.92 Å². The molecule has 0 amide bonds. The summed E-state index contributed by atoms with van der Waals surface area (Å²) < 4.78 is 0. The topological polar surface area (TPSA) is 3.24 Å². The number of hydrogen-bond donors (Lipinski definition) is 0. The van der Waals surface area contributed by atoms with Crippen LogP contribution in [0.5, 0.6) is 0 Å². The van der Waals surface area contributed by atoms with E-state index in [2.05, 4.69) is 18.9 Å². The quantitative estimate of drug-likeness (QED) is 0.558. The van der Waals surface area contributed by atoms with Gasteiger partial charge in [0.25, 0.3) is 0 Å². The molecule has 2 fully saturated rings. The molecule has 0 aliphatic heterocycles. The molecule has 0 heterocycles. The highest BCUT2D eigenvalue weighted by Crippen LogP contribution is 2.28.